The molecule has 1 aromatic carbocycles. The molecule has 2 N–H and O–H groups in total. The molecule has 10 nitrogen and oxygen atoms in total. The normalized spacial score (nSPS) is 28.3. The van der Waals surface area contributed by atoms with E-state index < -0.39 is 10.0 Å². The molecule has 188 valence electrons. The number of sulfonamides is 1. The summed E-state index contributed by atoms with van der Waals surface area (Å²) in [4.78, 5) is 11.3. The lowest BCUT2D eigenvalue weighted by molar-refractivity contribution is 0.00807. The maximum Gasteiger partial charge on any atom is 0.278 e. The molecule has 3 aromatic rings. The van der Waals surface area contributed by atoms with Gasteiger partial charge >= 0.3 is 0 Å². The molecule has 9 rings (SSSR count). The van der Waals surface area contributed by atoms with Crippen molar-refractivity contribution in [2.24, 2.45) is 5.92 Å². The lowest BCUT2D eigenvalue weighted by Gasteiger charge is -2.46. The standard InChI is InChI=1S/C25H29N7O3S/c33-36(34)25-28-24(29-30-25)27-23-20-3-1-2-17(20)4-5-21(23)18-6-9-26-22(12-18)35-15-16-13-31(14-16)19-7-10-32(36)11-8-19/h4-6,9,12,16,19H,1-3,7-8,10-11,13-15H2,(H2,27,28,29,30). The number of H-pyrrole nitrogens is 1. The third-order valence-electron chi connectivity index (χ3n) is 8.01. The zero-order valence-electron chi connectivity index (χ0n) is 20.0. The first-order chi connectivity index (χ1) is 17.5. The van der Waals surface area contributed by atoms with Crippen LogP contribution in [-0.2, 0) is 22.9 Å². The van der Waals surface area contributed by atoms with Crippen LogP contribution in [0.1, 0.15) is 30.4 Å². The van der Waals surface area contributed by atoms with Crippen molar-refractivity contribution in [2.45, 2.75) is 43.3 Å². The molecular weight excluding hydrogens is 478 g/mol. The molecule has 8 bridgehead atoms. The predicted molar refractivity (Wildman–Crippen MR) is 134 cm³/mol. The third-order valence-corrected chi connectivity index (χ3v) is 9.72. The highest BCUT2D eigenvalue weighted by atomic mass is 32.2. The van der Waals surface area contributed by atoms with Gasteiger partial charge in [0.1, 0.15) is 0 Å². The molecule has 2 aromatic heterocycles. The fourth-order valence-electron chi connectivity index (χ4n) is 6.02. The number of nitrogens with one attached hydrogen (secondary N) is 2. The molecule has 2 fully saturated rings. The van der Waals surface area contributed by atoms with Gasteiger partial charge in [-0.3, -0.25) is 4.90 Å². The van der Waals surface area contributed by atoms with E-state index in [4.69, 9.17) is 4.74 Å². The van der Waals surface area contributed by atoms with Crippen molar-refractivity contribution in [2.75, 3.05) is 38.1 Å². The molecule has 0 spiro atoms. The van der Waals surface area contributed by atoms with E-state index in [0.717, 1.165) is 62.0 Å². The zero-order valence-corrected chi connectivity index (χ0v) is 20.8. The van der Waals surface area contributed by atoms with Crippen molar-refractivity contribution in [1.29, 1.82) is 0 Å². The van der Waals surface area contributed by atoms with E-state index in [9.17, 15) is 8.42 Å². The van der Waals surface area contributed by atoms with Gasteiger partial charge in [-0.05, 0) is 54.9 Å². The number of piperidine rings is 1. The number of hydrogen-bond acceptors (Lipinski definition) is 8. The smallest absolute Gasteiger partial charge is 0.278 e. The van der Waals surface area contributed by atoms with Crippen LogP contribution in [0.15, 0.2) is 35.6 Å². The maximum absolute atomic E-state index is 13.3. The van der Waals surface area contributed by atoms with Gasteiger partial charge in [0.05, 0.1) is 12.3 Å². The van der Waals surface area contributed by atoms with Crippen LogP contribution in [0, 0.1) is 5.92 Å². The maximum atomic E-state index is 13.3. The molecule has 5 aliphatic heterocycles. The summed E-state index contributed by atoms with van der Waals surface area (Å²) in [5.74, 6) is 1.33. The first kappa shape index (κ1) is 22.2. The highest BCUT2D eigenvalue weighted by molar-refractivity contribution is 7.88. The second-order valence-electron chi connectivity index (χ2n) is 10.2. The fourth-order valence-corrected chi connectivity index (χ4v) is 7.32. The molecule has 0 radical (unpaired) electrons. The topological polar surface area (TPSA) is 116 Å². The van der Waals surface area contributed by atoms with Gasteiger partial charge in [-0.25, -0.2) is 18.5 Å². The number of aromatic amines is 1. The predicted octanol–water partition coefficient (Wildman–Crippen LogP) is 2.58. The number of nitrogens with zero attached hydrogens (tertiary/aromatic N) is 5. The minimum absolute atomic E-state index is 0.112. The number of hydrogen-bond donors (Lipinski definition) is 2. The lowest BCUT2D eigenvalue weighted by atomic mass is 9.94. The van der Waals surface area contributed by atoms with Gasteiger partial charge in [0, 0.05) is 56.0 Å². The number of anilines is 2. The molecule has 0 atom stereocenters. The fraction of sp³-hybridized carbons (Fsp3) is 0.480. The Bertz CT molecular complexity index is 1410. The number of aromatic nitrogens is 4. The Hall–Kier alpha value is -3.02. The largest absolute Gasteiger partial charge is 0.477 e. The van der Waals surface area contributed by atoms with Gasteiger partial charge in [0.25, 0.3) is 15.2 Å². The Morgan fingerprint density at radius 3 is 2.81 bits per heavy atom. The monoisotopic (exact) mass is 507 g/mol. The second kappa shape index (κ2) is 8.53. The minimum Gasteiger partial charge on any atom is -0.477 e. The summed E-state index contributed by atoms with van der Waals surface area (Å²) in [6.07, 6.45) is 6.46. The number of pyridine rings is 1. The summed E-state index contributed by atoms with van der Waals surface area (Å²) in [6, 6.07) is 8.64. The zero-order chi connectivity index (χ0) is 24.3. The van der Waals surface area contributed by atoms with Crippen molar-refractivity contribution in [3.8, 4) is 17.0 Å². The van der Waals surface area contributed by atoms with E-state index in [-0.39, 0.29) is 11.1 Å². The van der Waals surface area contributed by atoms with Crippen molar-refractivity contribution in [3.05, 3.63) is 41.6 Å². The SMILES string of the molecule is O=S1(=O)c2nc(n[nH]2)Nc2c(ccc3c2CCC3)-c2ccnc(c2)OCC2CN(C2)C2CCN1CC2. The first-order valence-corrected chi connectivity index (χ1v) is 14.2. The van der Waals surface area contributed by atoms with Crippen LogP contribution in [0.5, 0.6) is 5.88 Å². The summed E-state index contributed by atoms with van der Waals surface area (Å²) in [5, 5.41) is 10.2. The van der Waals surface area contributed by atoms with Crippen LogP contribution in [0.4, 0.5) is 11.6 Å². The molecule has 0 saturated carbocycles. The first-order valence-electron chi connectivity index (χ1n) is 12.7. The van der Waals surface area contributed by atoms with Gasteiger partial charge in [0.2, 0.25) is 11.8 Å². The Labute approximate surface area is 210 Å². The van der Waals surface area contributed by atoms with Crippen LogP contribution in [0.3, 0.4) is 0 Å². The molecule has 36 heavy (non-hydrogen) atoms. The van der Waals surface area contributed by atoms with Crippen LogP contribution in [-0.4, -0.2) is 76.6 Å². The van der Waals surface area contributed by atoms with E-state index in [1.807, 2.05) is 12.1 Å². The molecule has 1 aliphatic carbocycles. The number of ether oxygens (including phenoxy) is 1. The van der Waals surface area contributed by atoms with Gasteiger partial charge in [0.15, 0.2) is 0 Å². The van der Waals surface area contributed by atoms with Gasteiger partial charge in [-0.1, -0.05) is 12.1 Å². The Morgan fingerprint density at radius 1 is 1.08 bits per heavy atom. The summed E-state index contributed by atoms with van der Waals surface area (Å²) >= 11 is 0. The Kier molecular flexibility index (Phi) is 5.26. The molecular formula is C25H29N7O3S. The minimum atomic E-state index is -3.73. The lowest BCUT2D eigenvalue weighted by Crippen LogP contribution is -2.57. The number of fused-ring (bicyclic) bond motifs is 2. The van der Waals surface area contributed by atoms with E-state index in [2.05, 4.69) is 42.5 Å². The highest BCUT2D eigenvalue weighted by Crippen LogP contribution is 2.39. The molecule has 2 saturated heterocycles. The van der Waals surface area contributed by atoms with Crippen LogP contribution < -0.4 is 10.1 Å². The van der Waals surface area contributed by atoms with Crippen LogP contribution in [0.2, 0.25) is 0 Å². The summed E-state index contributed by atoms with van der Waals surface area (Å²) in [7, 11) is -3.73. The van der Waals surface area contributed by atoms with Crippen molar-refractivity contribution in [1.82, 2.24) is 29.4 Å². The summed E-state index contributed by atoms with van der Waals surface area (Å²) in [6.45, 7) is 3.55. The summed E-state index contributed by atoms with van der Waals surface area (Å²) < 4.78 is 34.3. The van der Waals surface area contributed by atoms with Crippen LogP contribution >= 0.6 is 0 Å². The van der Waals surface area contributed by atoms with E-state index in [1.54, 1.807) is 6.20 Å². The average Bonchev–Trinajstić information content (AvgIpc) is 3.54. The second-order valence-corrected chi connectivity index (χ2v) is 12.1. The van der Waals surface area contributed by atoms with Gasteiger partial charge in [-0.2, -0.15) is 9.29 Å². The van der Waals surface area contributed by atoms with E-state index >= 15 is 0 Å². The molecule has 0 unspecified atom stereocenters. The molecule has 11 heteroatoms. The number of aryl methyl sites for hydroxylation is 1. The molecule has 0 amide bonds. The van der Waals surface area contributed by atoms with Gasteiger partial charge < -0.3 is 10.1 Å². The molecule has 6 aliphatic rings. The third kappa shape index (κ3) is 3.77. The van der Waals surface area contributed by atoms with Gasteiger partial charge in [-0.15, -0.1) is 5.10 Å². The van der Waals surface area contributed by atoms with Crippen molar-refractivity contribution in [3.63, 3.8) is 0 Å². The highest BCUT2D eigenvalue weighted by Gasteiger charge is 2.38. The van der Waals surface area contributed by atoms with Crippen LogP contribution in [0.25, 0.3) is 11.1 Å². The van der Waals surface area contributed by atoms with Crippen molar-refractivity contribution >= 4 is 21.7 Å². The van der Waals surface area contributed by atoms with E-state index in [0.29, 0.717) is 37.5 Å². The average molecular weight is 508 g/mol. The number of benzene rings is 1. The molecule has 7 heterocycles. The Balaban J connectivity index is 1.30. The quantitative estimate of drug-likeness (QED) is 0.477. The number of rotatable bonds is 0. The summed E-state index contributed by atoms with van der Waals surface area (Å²) in [5.41, 5.74) is 5.41. The van der Waals surface area contributed by atoms with Crippen molar-refractivity contribution < 1.29 is 13.2 Å². The van der Waals surface area contributed by atoms with E-state index in [1.165, 1.54) is 15.4 Å². The Morgan fingerprint density at radius 2 is 1.94 bits per heavy atom.